The van der Waals surface area contributed by atoms with Crippen molar-refractivity contribution < 1.29 is 12.4 Å². The van der Waals surface area contributed by atoms with Crippen LogP contribution in [0.2, 0.25) is 0 Å². The van der Waals surface area contributed by atoms with Crippen LogP contribution in [0.3, 0.4) is 0 Å². The number of hydrogen-bond donors (Lipinski definition) is 0. The van der Waals surface area contributed by atoms with E-state index < -0.39 is 0 Å². The number of nitrogens with zero attached hydrogens (tertiary/aromatic N) is 2. The van der Waals surface area contributed by atoms with Crippen LogP contribution >= 0.6 is 0 Å². The standard InChI is InChI=1S/C18H20N2.ClH/c1-13(2)18-19-16-11-7-8-12-17(16)20(18)14(3)15-9-5-4-6-10-15;/h4-14H,1-3H3;1H/p-1. The fraction of sp³-hybridized carbons (Fsp3) is 0.278. The zero-order valence-corrected chi connectivity index (χ0v) is 13.4. The largest absolute Gasteiger partial charge is 1.00 e. The maximum Gasteiger partial charge on any atom is 0.113 e. The average molecular weight is 300 g/mol. The minimum atomic E-state index is 0. The van der Waals surface area contributed by atoms with E-state index in [2.05, 4.69) is 79.9 Å². The van der Waals surface area contributed by atoms with Crippen molar-refractivity contribution >= 4 is 11.0 Å². The van der Waals surface area contributed by atoms with E-state index in [1.54, 1.807) is 0 Å². The number of hydrogen-bond acceptors (Lipinski definition) is 1. The van der Waals surface area contributed by atoms with Crippen molar-refractivity contribution in [1.29, 1.82) is 0 Å². The molecule has 0 bridgehead atoms. The molecule has 0 saturated heterocycles. The van der Waals surface area contributed by atoms with E-state index in [0.717, 1.165) is 11.3 Å². The molecule has 21 heavy (non-hydrogen) atoms. The van der Waals surface area contributed by atoms with E-state index in [4.69, 9.17) is 4.98 Å². The molecule has 1 aromatic heterocycles. The minimum absolute atomic E-state index is 0. The second kappa shape index (κ2) is 6.31. The lowest BCUT2D eigenvalue weighted by molar-refractivity contribution is -0.00000429. The summed E-state index contributed by atoms with van der Waals surface area (Å²) in [6, 6.07) is 19.3. The molecule has 0 amide bonds. The summed E-state index contributed by atoms with van der Waals surface area (Å²) in [7, 11) is 0. The summed E-state index contributed by atoms with van der Waals surface area (Å²) in [6.45, 7) is 6.65. The Labute approximate surface area is 132 Å². The van der Waals surface area contributed by atoms with Gasteiger partial charge in [0.1, 0.15) is 5.82 Å². The Bertz CT molecular complexity index is 716. The molecule has 3 heteroatoms. The smallest absolute Gasteiger partial charge is 0.113 e. The minimum Gasteiger partial charge on any atom is -1.00 e. The summed E-state index contributed by atoms with van der Waals surface area (Å²) in [4.78, 5) is 4.82. The highest BCUT2D eigenvalue weighted by molar-refractivity contribution is 5.76. The van der Waals surface area contributed by atoms with Crippen molar-refractivity contribution in [2.75, 3.05) is 0 Å². The van der Waals surface area contributed by atoms with E-state index in [-0.39, 0.29) is 12.4 Å². The number of imidazole rings is 1. The molecule has 0 fully saturated rings. The molecule has 110 valence electrons. The molecule has 2 aromatic carbocycles. The van der Waals surface area contributed by atoms with Gasteiger partial charge in [0.05, 0.1) is 17.1 Å². The van der Waals surface area contributed by atoms with Crippen LogP contribution in [0.5, 0.6) is 0 Å². The average Bonchev–Trinajstić information content (AvgIpc) is 2.87. The van der Waals surface area contributed by atoms with Crippen molar-refractivity contribution in [1.82, 2.24) is 9.55 Å². The van der Waals surface area contributed by atoms with Gasteiger partial charge in [0.2, 0.25) is 0 Å². The van der Waals surface area contributed by atoms with Crippen LogP contribution in [0, 0.1) is 0 Å². The van der Waals surface area contributed by atoms with Crippen molar-refractivity contribution in [3.63, 3.8) is 0 Å². The molecule has 2 nitrogen and oxygen atoms in total. The van der Waals surface area contributed by atoms with E-state index >= 15 is 0 Å². The Morgan fingerprint density at radius 1 is 0.857 bits per heavy atom. The van der Waals surface area contributed by atoms with Crippen LogP contribution in [0.4, 0.5) is 0 Å². The maximum atomic E-state index is 4.82. The van der Waals surface area contributed by atoms with Gasteiger partial charge in [-0.25, -0.2) is 4.98 Å². The zero-order chi connectivity index (χ0) is 14.1. The first kappa shape index (κ1) is 15.6. The molecule has 3 aromatic rings. The molecule has 1 heterocycles. The molecule has 3 rings (SSSR count). The Morgan fingerprint density at radius 3 is 2.14 bits per heavy atom. The number of para-hydroxylation sites is 2. The second-order valence-electron chi connectivity index (χ2n) is 5.57. The SMILES string of the molecule is CC(C)c1nc2ccccc2n1C(C)c1ccccc1.[Cl-]. The second-order valence-corrected chi connectivity index (χ2v) is 5.57. The zero-order valence-electron chi connectivity index (χ0n) is 12.6. The van der Waals surface area contributed by atoms with E-state index in [1.165, 1.54) is 11.1 Å². The van der Waals surface area contributed by atoms with Crippen LogP contribution in [0.15, 0.2) is 54.6 Å². The fourth-order valence-electron chi connectivity index (χ4n) is 2.76. The van der Waals surface area contributed by atoms with Crippen LogP contribution in [-0.4, -0.2) is 9.55 Å². The molecule has 0 aliphatic carbocycles. The highest BCUT2D eigenvalue weighted by Crippen LogP contribution is 2.29. The van der Waals surface area contributed by atoms with Crippen molar-refractivity contribution in [2.24, 2.45) is 0 Å². The van der Waals surface area contributed by atoms with Gasteiger partial charge < -0.3 is 17.0 Å². The Hall–Kier alpha value is -1.80. The van der Waals surface area contributed by atoms with Crippen LogP contribution in [0.1, 0.15) is 44.1 Å². The van der Waals surface area contributed by atoms with Crippen molar-refractivity contribution in [2.45, 2.75) is 32.7 Å². The van der Waals surface area contributed by atoms with Crippen molar-refractivity contribution in [3.05, 3.63) is 66.0 Å². The van der Waals surface area contributed by atoms with Crippen molar-refractivity contribution in [3.8, 4) is 0 Å². The molecule has 0 spiro atoms. The van der Waals surface area contributed by atoms with Gasteiger partial charge in [-0.3, -0.25) is 0 Å². The van der Waals surface area contributed by atoms with E-state index in [9.17, 15) is 0 Å². The van der Waals surface area contributed by atoms with Gasteiger partial charge in [-0.1, -0.05) is 56.3 Å². The van der Waals surface area contributed by atoms with Crippen LogP contribution in [0.25, 0.3) is 11.0 Å². The number of aromatic nitrogens is 2. The van der Waals surface area contributed by atoms with Gasteiger partial charge >= 0.3 is 0 Å². The number of fused-ring (bicyclic) bond motifs is 1. The third-order valence-corrected chi connectivity index (χ3v) is 3.81. The molecule has 1 unspecified atom stereocenters. The predicted molar refractivity (Wildman–Crippen MR) is 84.1 cm³/mol. The van der Waals surface area contributed by atoms with Gasteiger partial charge in [0, 0.05) is 5.92 Å². The first-order chi connectivity index (χ1) is 9.68. The third kappa shape index (κ3) is 2.81. The van der Waals surface area contributed by atoms with E-state index in [1.807, 2.05) is 0 Å². The maximum absolute atomic E-state index is 4.82. The Morgan fingerprint density at radius 2 is 1.48 bits per heavy atom. The van der Waals surface area contributed by atoms with Gasteiger partial charge in [0.25, 0.3) is 0 Å². The summed E-state index contributed by atoms with van der Waals surface area (Å²) >= 11 is 0. The summed E-state index contributed by atoms with van der Waals surface area (Å²) in [5, 5.41) is 0. The summed E-state index contributed by atoms with van der Waals surface area (Å²) in [6.07, 6.45) is 0. The molecule has 0 saturated carbocycles. The molecular weight excluding hydrogens is 280 g/mol. The molecule has 0 aliphatic rings. The first-order valence-corrected chi connectivity index (χ1v) is 7.20. The van der Waals surface area contributed by atoms with E-state index in [0.29, 0.717) is 12.0 Å². The first-order valence-electron chi connectivity index (χ1n) is 7.20. The summed E-state index contributed by atoms with van der Waals surface area (Å²) < 4.78 is 2.37. The molecule has 0 N–H and O–H groups in total. The topological polar surface area (TPSA) is 17.8 Å². The lowest BCUT2D eigenvalue weighted by atomic mass is 10.1. The Balaban J connectivity index is 0.00000161. The highest BCUT2D eigenvalue weighted by atomic mass is 35.5. The van der Waals surface area contributed by atoms with Gasteiger partial charge in [-0.15, -0.1) is 0 Å². The van der Waals surface area contributed by atoms with Gasteiger partial charge in [0.15, 0.2) is 0 Å². The molecular formula is C18H20ClN2-. The Kier molecular flexibility index (Phi) is 4.69. The fourth-order valence-corrected chi connectivity index (χ4v) is 2.76. The summed E-state index contributed by atoms with van der Waals surface area (Å²) in [5.74, 6) is 1.57. The third-order valence-electron chi connectivity index (χ3n) is 3.81. The van der Waals surface area contributed by atoms with Crippen LogP contribution < -0.4 is 12.4 Å². The summed E-state index contributed by atoms with van der Waals surface area (Å²) in [5.41, 5.74) is 3.61. The van der Waals surface area contributed by atoms with Crippen LogP contribution in [-0.2, 0) is 0 Å². The highest BCUT2D eigenvalue weighted by Gasteiger charge is 2.18. The number of benzene rings is 2. The lowest BCUT2D eigenvalue weighted by Gasteiger charge is -2.19. The number of rotatable bonds is 3. The predicted octanol–water partition coefficient (Wildman–Crippen LogP) is 1.77. The van der Waals surface area contributed by atoms with Gasteiger partial charge in [-0.2, -0.15) is 0 Å². The molecule has 1 atom stereocenters. The monoisotopic (exact) mass is 299 g/mol. The van der Waals surface area contributed by atoms with Gasteiger partial charge in [-0.05, 0) is 24.6 Å². The molecule has 0 aliphatic heterocycles. The number of halogens is 1. The lowest BCUT2D eigenvalue weighted by Crippen LogP contribution is -3.00. The quantitative estimate of drug-likeness (QED) is 0.721. The molecule has 0 radical (unpaired) electrons. The normalized spacial score (nSPS) is 12.4.